The normalized spacial score (nSPS) is 40.4. The lowest BCUT2D eigenvalue weighted by molar-refractivity contribution is 0.0521. The number of fused-ring (bicyclic) bond motifs is 1. The van der Waals surface area contributed by atoms with Crippen LogP contribution in [-0.2, 0) is 0 Å². The van der Waals surface area contributed by atoms with Gasteiger partial charge in [-0.15, -0.1) is 0 Å². The molecule has 0 radical (unpaired) electrons. The number of aliphatic hydroxyl groups is 3. The van der Waals surface area contributed by atoms with Gasteiger partial charge in [0, 0.05) is 6.42 Å². The van der Waals surface area contributed by atoms with Crippen molar-refractivity contribution >= 4 is 0 Å². The van der Waals surface area contributed by atoms with Gasteiger partial charge in [-0.1, -0.05) is 37.6 Å². The van der Waals surface area contributed by atoms with E-state index < -0.39 is 17.8 Å². The highest BCUT2D eigenvalue weighted by atomic mass is 16.3. The van der Waals surface area contributed by atoms with Crippen LogP contribution in [0, 0.1) is 22.7 Å². The lowest BCUT2D eigenvalue weighted by Gasteiger charge is -2.45. The minimum absolute atomic E-state index is 0.399. The van der Waals surface area contributed by atoms with E-state index in [-0.39, 0.29) is 0 Å². The zero-order valence-electron chi connectivity index (χ0n) is 20.0. The van der Waals surface area contributed by atoms with Gasteiger partial charge in [-0.3, -0.25) is 0 Å². The van der Waals surface area contributed by atoms with E-state index in [1.54, 1.807) is 5.57 Å². The number of allylic oxidation sites excluding steroid dienone is 3. The molecule has 0 saturated heterocycles. The fourth-order valence-electron chi connectivity index (χ4n) is 7.52. The molecule has 0 aliphatic heterocycles. The van der Waals surface area contributed by atoms with Crippen molar-refractivity contribution in [3.8, 4) is 0 Å². The lowest BCUT2D eigenvalue weighted by Crippen LogP contribution is -2.37. The van der Waals surface area contributed by atoms with E-state index in [2.05, 4.69) is 25.7 Å². The van der Waals surface area contributed by atoms with E-state index in [0.29, 0.717) is 29.6 Å². The zero-order valence-corrected chi connectivity index (χ0v) is 20.0. The van der Waals surface area contributed by atoms with Crippen molar-refractivity contribution in [3.63, 3.8) is 0 Å². The summed E-state index contributed by atoms with van der Waals surface area (Å²) in [6, 6.07) is 0. The van der Waals surface area contributed by atoms with Crippen LogP contribution in [0.25, 0.3) is 0 Å². The molecule has 0 spiro atoms. The van der Waals surface area contributed by atoms with Crippen molar-refractivity contribution in [1.29, 1.82) is 0 Å². The van der Waals surface area contributed by atoms with Gasteiger partial charge in [0.2, 0.25) is 0 Å². The van der Waals surface area contributed by atoms with Gasteiger partial charge in [-0.05, 0) is 112 Å². The minimum atomic E-state index is -0.612. The average molecular weight is 429 g/mol. The monoisotopic (exact) mass is 428 g/mol. The second-order valence-corrected chi connectivity index (χ2v) is 12.1. The first-order chi connectivity index (χ1) is 14.5. The van der Waals surface area contributed by atoms with Gasteiger partial charge in [0.05, 0.1) is 17.8 Å². The van der Waals surface area contributed by atoms with Crippen molar-refractivity contribution in [1.82, 2.24) is 0 Å². The molecule has 1 unspecified atom stereocenters. The topological polar surface area (TPSA) is 60.7 Å². The first-order valence-electron chi connectivity index (χ1n) is 12.7. The van der Waals surface area contributed by atoms with E-state index in [4.69, 9.17) is 0 Å². The Morgan fingerprint density at radius 3 is 2.55 bits per heavy atom. The first-order valence-corrected chi connectivity index (χ1v) is 12.7. The molecule has 3 N–H and O–H groups in total. The molecule has 4 aliphatic rings. The fraction of sp³-hybridized carbons (Fsp3) is 0.786. The Morgan fingerprint density at radius 1 is 1.13 bits per heavy atom. The van der Waals surface area contributed by atoms with Crippen LogP contribution < -0.4 is 0 Å². The second kappa shape index (κ2) is 8.47. The summed E-state index contributed by atoms with van der Waals surface area (Å²) in [5.41, 5.74) is 3.77. The summed E-state index contributed by atoms with van der Waals surface area (Å²) < 4.78 is 0. The van der Waals surface area contributed by atoms with Crippen LogP contribution in [0.15, 0.2) is 35.5 Å². The maximum Gasteiger partial charge on any atom is 0.0811 e. The molecule has 0 aromatic heterocycles. The smallest absolute Gasteiger partial charge is 0.0811 e. The van der Waals surface area contributed by atoms with Gasteiger partial charge in [0.15, 0.2) is 0 Å². The SMILES string of the molecule is C=C1/C(=C\C=C2/CCC[C@@]3(C)C2CC[C@@H]3C2(CCCC(C)(C)O)CC2)C[C@@H](O)C[C@@H]1O. The third kappa shape index (κ3) is 4.75. The van der Waals surface area contributed by atoms with Crippen LogP contribution >= 0.6 is 0 Å². The molecule has 4 rings (SSSR count). The van der Waals surface area contributed by atoms with Crippen molar-refractivity contribution in [2.24, 2.45) is 22.7 Å². The highest BCUT2D eigenvalue weighted by molar-refractivity contribution is 5.38. The summed E-state index contributed by atoms with van der Waals surface area (Å²) >= 11 is 0. The molecule has 0 aromatic rings. The van der Waals surface area contributed by atoms with Gasteiger partial charge < -0.3 is 15.3 Å². The minimum Gasteiger partial charge on any atom is -0.393 e. The Hall–Kier alpha value is -0.900. The Kier molecular flexibility index (Phi) is 6.35. The van der Waals surface area contributed by atoms with Crippen LogP contribution in [0.4, 0.5) is 0 Å². The Balaban J connectivity index is 1.49. The van der Waals surface area contributed by atoms with Gasteiger partial charge >= 0.3 is 0 Å². The van der Waals surface area contributed by atoms with E-state index in [9.17, 15) is 15.3 Å². The maximum atomic E-state index is 10.2. The molecule has 0 amide bonds. The van der Waals surface area contributed by atoms with Crippen molar-refractivity contribution < 1.29 is 15.3 Å². The van der Waals surface area contributed by atoms with Crippen molar-refractivity contribution in [2.45, 2.75) is 116 Å². The van der Waals surface area contributed by atoms with Gasteiger partial charge in [0.25, 0.3) is 0 Å². The zero-order chi connectivity index (χ0) is 22.4. The summed E-state index contributed by atoms with van der Waals surface area (Å²) in [5, 5.41) is 30.4. The van der Waals surface area contributed by atoms with E-state index >= 15 is 0 Å². The third-order valence-electron chi connectivity index (χ3n) is 9.32. The Morgan fingerprint density at radius 2 is 1.87 bits per heavy atom. The predicted molar refractivity (Wildman–Crippen MR) is 127 cm³/mol. The van der Waals surface area contributed by atoms with E-state index in [0.717, 1.165) is 29.9 Å². The van der Waals surface area contributed by atoms with Gasteiger partial charge in [-0.25, -0.2) is 0 Å². The summed E-state index contributed by atoms with van der Waals surface area (Å²) in [6.07, 6.45) is 16.9. The molecule has 4 saturated carbocycles. The molecule has 3 nitrogen and oxygen atoms in total. The van der Waals surface area contributed by atoms with E-state index in [1.807, 2.05) is 13.8 Å². The van der Waals surface area contributed by atoms with Crippen LogP contribution in [0.1, 0.15) is 97.8 Å². The quantitative estimate of drug-likeness (QED) is 0.497. The standard InChI is InChI=1S/C28H44O3/c1-19-21(17-22(29)18-24(19)30)9-8-20-7-5-13-27(4)23(20)10-11-25(27)28(15-16-28)14-6-12-26(2,3)31/h8-9,22-25,29-31H,1,5-7,10-18H2,2-4H3/b20-8+,21-9-/t22-,23?,24+,25+,27+/m1/s1. The molecule has 0 heterocycles. The molecular formula is C28H44O3. The summed E-state index contributed by atoms with van der Waals surface area (Å²) in [5.74, 6) is 1.48. The Bertz CT molecular complexity index is 751. The molecule has 0 aromatic carbocycles. The average Bonchev–Trinajstić information content (AvgIpc) is 3.35. The molecule has 174 valence electrons. The van der Waals surface area contributed by atoms with Gasteiger partial charge in [-0.2, -0.15) is 0 Å². The molecule has 4 fully saturated rings. The van der Waals surface area contributed by atoms with Crippen LogP contribution in [0.3, 0.4) is 0 Å². The second-order valence-electron chi connectivity index (χ2n) is 12.1. The first kappa shape index (κ1) is 23.3. The van der Waals surface area contributed by atoms with Crippen LogP contribution in [0.2, 0.25) is 0 Å². The number of hydrogen-bond acceptors (Lipinski definition) is 3. The third-order valence-corrected chi connectivity index (χ3v) is 9.32. The predicted octanol–water partition coefficient (Wildman–Crippen LogP) is 5.85. The summed E-state index contributed by atoms with van der Waals surface area (Å²) in [4.78, 5) is 0. The molecule has 0 bridgehead atoms. The van der Waals surface area contributed by atoms with Gasteiger partial charge in [0.1, 0.15) is 0 Å². The van der Waals surface area contributed by atoms with Crippen LogP contribution in [-0.4, -0.2) is 33.1 Å². The molecule has 5 atom stereocenters. The molecule has 4 aliphatic carbocycles. The fourth-order valence-corrected chi connectivity index (χ4v) is 7.52. The highest BCUT2D eigenvalue weighted by Gasteiger charge is 2.60. The van der Waals surface area contributed by atoms with Crippen molar-refractivity contribution in [2.75, 3.05) is 0 Å². The maximum absolute atomic E-state index is 10.2. The number of hydrogen-bond donors (Lipinski definition) is 3. The van der Waals surface area contributed by atoms with E-state index in [1.165, 1.54) is 51.4 Å². The summed E-state index contributed by atoms with van der Waals surface area (Å²) in [7, 11) is 0. The van der Waals surface area contributed by atoms with Crippen molar-refractivity contribution in [3.05, 3.63) is 35.5 Å². The largest absolute Gasteiger partial charge is 0.393 e. The number of rotatable bonds is 6. The molecule has 3 heteroatoms. The summed E-state index contributed by atoms with van der Waals surface area (Å²) in [6.45, 7) is 10.5. The molecule has 31 heavy (non-hydrogen) atoms. The lowest BCUT2D eigenvalue weighted by atomic mass is 9.59. The Labute approximate surface area is 189 Å². The number of aliphatic hydroxyl groups excluding tert-OH is 2. The highest BCUT2D eigenvalue weighted by Crippen LogP contribution is 2.70. The van der Waals surface area contributed by atoms with Crippen LogP contribution in [0.5, 0.6) is 0 Å². The molecular weight excluding hydrogens is 384 g/mol.